The summed E-state index contributed by atoms with van der Waals surface area (Å²) in [6.07, 6.45) is 0.292. The molecule has 0 aromatic heterocycles. The lowest BCUT2D eigenvalue weighted by Crippen LogP contribution is -2.47. The van der Waals surface area contributed by atoms with Crippen LogP contribution >= 0.6 is 11.8 Å². The van der Waals surface area contributed by atoms with Crippen LogP contribution in [0, 0.1) is 0 Å². The minimum absolute atomic E-state index is 0.131. The summed E-state index contributed by atoms with van der Waals surface area (Å²) < 4.78 is 27.2. The Balaban J connectivity index is 2.45. The van der Waals surface area contributed by atoms with Crippen LogP contribution in [0.2, 0.25) is 0 Å². The molecule has 9 heteroatoms. The van der Waals surface area contributed by atoms with Crippen molar-refractivity contribution in [1.29, 1.82) is 0 Å². The van der Waals surface area contributed by atoms with Gasteiger partial charge in [0.2, 0.25) is 21.8 Å². The van der Waals surface area contributed by atoms with Crippen LogP contribution < -0.4 is 10.2 Å². The number of nitrogens with zero attached hydrogens (tertiary/aromatic N) is 2. The molecule has 28 heavy (non-hydrogen) atoms. The molecule has 1 aromatic rings. The smallest absolute Gasteiger partial charge is 0.243 e. The third kappa shape index (κ3) is 5.27. The fraction of sp³-hybridized carbons (Fsp3) is 0.579. The highest BCUT2D eigenvalue weighted by molar-refractivity contribution is 7.99. The van der Waals surface area contributed by atoms with Crippen molar-refractivity contribution in [3.05, 3.63) is 18.2 Å². The number of hydrogen-bond acceptors (Lipinski definition) is 5. The second-order valence-corrected chi connectivity index (χ2v) is 10.7. The number of carbonyl (C=O) groups excluding carboxylic acids is 2. The summed E-state index contributed by atoms with van der Waals surface area (Å²) in [4.78, 5) is 27.4. The van der Waals surface area contributed by atoms with Gasteiger partial charge in [0.1, 0.15) is 6.54 Å². The second-order valence-electron chi connectivity index (χ2n) is 7.60. The monoisotopic (exact) mass is 427 g/mol. The first-order valence-electron chi connectivity index (χ1n) is 9.38. The lowest BCUT2D eigenvalue weighted by molar-refractivity contribution is -0.124. The van der Waals surface area contributed by atoms with E-state index in [0.29, 0.717) is 31.0 Å². The summed E-state index contributed by atoms with van der Waals surface area (Å²) >= 11 is 1.49. The van der Waals surface area contributed by atoms with Crippen LogP contribution in [-0.2, 0) is 19.6 Å². The molecule has 0 fully saturated rings. The highest BCUT2D eigenvalue weighted by Gasteiger charge is 2.29. The Morgan fingerprint density at radius 2 is 1.89 bits per heavy atom. The summed E-state index contributed by atoms with van der Waals surface area (Å²) in [5.41, 5.74) is 0.0575. The molecule has 0 unspecified atom stereocenters. The number of benzene rings is 1. The molecule has 1 aliphatic heterocycles. The Bertz CT molecular complexity index is 843. The molecule has 1 aliphatic rings. The number of sulfonamides is 1. The predicted molar refractivity (Wildman–Crippen MR) is 112 cm³/mol. The Labute approximate surface area is 171 Å². The Morgan fingerprint density at radius 3 is 2.46 bits per heavy atom. The quantitative estimate of drug-likeness (QED) is 0.754. The first-order valence-corrected chi connectivity index (χ1v) is 11.8. The van der Waals surface area contributed by atoms with Crippen molar-refractivity contribution in [2.75, 3.05) is 30.3 Å². The number of fused-ring (bicyclic) bond motifs is 1. The van der Waals surface area contributed by atoms with Gasteiger partial charge in [0.15, 0.2) is 0 Å². The van der Waals surface area contributed by atoms with E-state index < -0.39 is 15.6 Å². The Kier molecular flexibility index (Phi) is 7.17. The third-order valence-electron chi connectivity index (χ3n) is 4.26. The van der Waals surface area contributed by atoms with Crippen molar-refractivity contribution < 1.29 is 18.0 Å². The summed E-state index contributed by atoms with van der Waals surface area (Å²) in [6.45, 7) is 9.76. The Hall–Kier alpha value is -1.58. The normalized spacial score (nSPS) is 15.4. The number of thioether (sulfide) groups is 1. The van der Waals surface area contributed by atoms with Gasteiger partial charge in [-0.25, -0.2) is 8.42 Å². The van der Waals surface area contributed by atoms with E-state index in [0.717, 1.165) is 4.90 Å². The standard InChI is InChI=1S/C19H29N3O4S2/c1-6-21(7-2)28(25,26)14-8-9-16-15(12-14)22(18(24)10-11-27-16)13-17(23)20-19(3,4)5/h8-9,12H,6-7,10-11,13H2,1-5H3,(H,20,23). The summed E-state index contributed by atoms with van der Waals surface area (Å²) in [7, 11) is -3.66. The number of hydrogen-bond donors (Lipinski definition) is 1. The van der Waals surface area contributed by atoms with Crippen molar-refractivity contribution in [3.63, 3.8) is 0 Å². The molecule has 0 spiro atoms. The van der Waals surface area contributed by atoms with Crippen molar-refractivity contribution in [3.8, 4) is 0 Å². The second kappa shape index (κ2) is 8.84. The van der Waals surface area contributed by atoms with Gasteiger partial charge in [-0.05, 0) is 39.0 Å². The van der Waals surface area contributed by atoms with Crippen LogP contribution in [0.1, 0.15) is 41.0 Å². The molecule has 1 heterocycles. The number of amides is 2. The number of carbonyl (C=O) groups is 2. The summed E-state index contributed by atoms with van der Waals surface area (Å²) in [6, 6.07) is 4.82. The number of rotatable bonds is 6. The molecule has 0 saturated heterocycles. The maximum Gasteiger partial charge on any atom is 0.243 e. The molecule has 2 amide bonds. The van der Waals surface area contributed by atoms with Crippen LogP contribution in [0.25, 0.3) is 0 Å². The molecule has 156 valence electrons. The minimum Gasteiger partial charge on any atom is -0.350 e. The fourth-order valence-corrected chi connectivity index (χ4v) is 5.45. The third-order valence-corrected chi connectivity index (χ3v) is 7.37. The van der Waals surface area contributed by atoms with Gasteiger partial charge in [-0.15, -0.1) is 11.8 Å². The number of nitrogens with one attached hydrogen (secondary N) is 1. The van der Waals surface area contributed by atoms with Gasteiger partial charge in [0.05, 0.1) is 10.6 Å². The molecule has 1 aromatic carbocycles. The Morgan fingerprint density at radius 1 is 1.25 bits per heavy atom. The maximum absolute atomic E-state index is 12.9. The van der Waals surface area contributed by atoms with Gasteiger partial charge < -0.3 is 10.2 Å². The molecule has 0 saturated carbocycles. The van der Waals surface area contributed by atoms with E-state index in [1.165, 1.54) is 27.0 Å². The van der Waals surface area contributed by atoms with E-state index in [2.05, 4.69) is 5.32 Å². The van der Waals surface area contributed by atoms with Crippen molar-refractivity contribution in [2.24, 2.45) is 0 Å². The molecule has 0 bridgehead atoms. The van der Waals surface area contributed by atoms with Crippen molar-refractivity contribution in [2.45, 2.75) is 56.4 Å². The van der Waals surface area contributed by atoms with Crippen molar-refractivity contribution >= 4 is 39.3 Å². The zero-order valence-corrected chi connectivity index (χ0v) is 18.7. The molecule has 7 nitrogen and oxygen atoms in total. The summed E-state index contributed by atoms with van der Waals surface area (Å²) in [5, 5.41) is 2.85. The first kappa shape index (κ1) is 22.7. The van der Waals surface area contributed by atoms with Gasteiger partial charge in [0.25, 0.3) is 0 Å². The van der Waals surface area contributed by atoms with Crippen LogP contribution in [-0.4, -0.2) is 55.5 Å². The van der Waals surface area contributed by atoms with Gasteiger partial charge >= 0.3 is 0 Å². The number of anilines is 1. The zero-order valence-electron chi connectivity index (χ0n) is 17.1. The van der Waals surface area contributed by atoms with E-state index in [-0.39, 0.29) is 23.3 Å². The van der Waals surface area contributed by atoms with Gasteiger partial charge in [-0.3, -0.25) is 9.59 Å². The van der Waals surface area contributed by atoms with Gasteiger partial charge in [-0.1, -0.05) is 13.8 Å². The topological polar surface area (TPSA) is 86.8 Å². The lowest BCUT2D eigenvalue weighted by atomic mass is 10.1. The zero-order chi connectivity index (χ0) is 21.1. The molecule has 2 rings (SSSR count). The highest BCUT2D eigenvalue weighted by atomic mass is 32.2. The van der Waals surface area contributed by atoms with Crippen LogP contribution in [0.4, 0.5) is 5.69 Å². The lowest BCUT2D eigenvalue weighted by Gasteiger charge is -2.26. The largest absolute Gasteiger partial charge is 0.350 e. The molecule has 0 radical (unpaired) electrons. The van der Waals surface area contributed by atoms with Crippen LogP contribution in [0.5, 0.6) is 0 Å². The molecular weight excluding hydrogens is 398 g/mol. The van der Waals surface area contributed by atoms with Crippen molar-refractivity contribution in [1.82, 2.24) is 9.62 Å². The average molecular weight is 428 g/mol. The molecule has 1 N–H and O–H groups in total. The minimum atomic E-state index is -3.66. The van der Waals surface area contributed by atoms with Gasteiger partial charge in [-0.2, -0.15) is 4.31 Å². The maximum atomic E-state index is 12.9. The average Bonchev–Trinajstić information content (AvgIpc) is 2.73. The molecule has 0 aliphatic carbocycles. The predicted octanol–water partition coefficient (Wildman–Crippen LogP) is 2.46. The molecule has 0 atom stereocenters. The van der Waals surface area contributed by atoms with E-state index >= 15 is 0 Å². The highest BCUT2D eigenvalue weighted by Crippen LogP contribution is 2.36. The summed E-state index contributed by atoms with van der Waals surface area (Å²) in [5.74, 6) is 0.120. The fourth-order valence-electron chi connectivity index (χ4n) is 3.00. The van der Waals surface area contributed by atoms with Crippen LogP contribution in [0.15, 0.2) is 28.0 Å². The van der Waals surface area contributed by atoms with E-state index in [4.69, 9.17) is 0 Å². The van der Waals surface area contributed by atoms with E-state index in [1.807, 2.05) is 20.8 Å². The molecular formula is C19H29N3O4S2. The van der Waals surface area contributed by atoms with E-state index in [1.54, 1.807) is 26.0 Å². The SMILES string of the molecule is CCN(CC)S(=O)(=O)c1ccc2c(c1)N(CC(=O)NC(C)(C)C)C(=O)CCS2. The van der Waals surface area contributed by atoms with Crippen LogP contribution in [0.3, 0.4) is 0 Å². The van der Waals surface area contributed by atoms with Gasteiger partial charge in [0, 0.05) is 35.7 Å². The first-order chi connectivity index (χ1) is 13.0. The van der Waals surface area contributed by atoms with E-state index in [9.17, 15) is 18.0 Å².